The predicted molar refractivity (Wildman–Crippen MR) is 299 cm³/mol. The number of rotatable bonds is 28. The van der Waals surface area contributed by atoms with Gasteiger partial charge in [-0.05, 0) is 99.6 Å². The van der Waals surface area contributed by atoms with Gasteiger partial charge in [0.1, 0.15) is 65.9 Å². The lowest BCUT2D eigenvalue weighted by Crippen LogP contribution is -2.60. The van der Waals surface area contributed by atoms with Crippen LogP contribution in [0.5, 0.6) is 11.5 Å². The molecule has 460 valence electrons. The molecule has 2 aromatic carbocycles. The molecule has 15 N–H and O–H groups in total. The van der Waals surface area contributed by atoms with E-state index in [1.54, 1.807) is 12.1 Å². The van der Waals surface area contributed by atoms with Crippen LogP contribution in [0, 0.1) is 5.92 Å². The number of aromatic hydroxyl groups is 2. The van der Waals surface area contributed by atoms with E-state index in [-0.39, 0.29) is 82.0 Å². The highest BCUT2D eigenvalue weighted by Crippen LogP contribution is 2.29. The van der Waals surface area contributed by atoms with Gasteiger partial charge in [-0.25, -0.2) is 9.78 Å². The first-order chi connectivity index (χ1) is 40.3. The Bertz CT molecular complexity index is 2930. The molecule has 3 fully saturated rings. The molecule has 4 heterocycles. The molecule has 0 unspecified atom stereocenters. The van der Waals surface area contributed by atoms with Gasteiger partial charge in [0, 0.05) is 44.4 Å². The lowest BCUT2D eigenvalue weighted by atomic mass is 10.0. The van der Waals surface area contributed by atoms with Crippen LogP contribution in [0.15, 0.2) is 61.1 Å². The predicted octanol–water partition coefficient (Wildman–Crippen LogP) is -2.44. The number of hydrogen-bond donors (Lipinski definition) is 13. The fourth-order valence-electron chi connectivity index (χ4n) is 10.6. The average Bonchev–Trinajstić information content (AvgIpc) is 4.39. The first kappa shape index (κ1) is 65.0. The van der Waals surface area contributed by atoms with Crippen LogP contribution in [-0.2, 0) is 76.8 Å². The first-order valence-corrected chi connectivity index (χ1v) is 28.0. The standard InChI is InChI=1S/C56H75N13O16/c1-29(2)21-37(63-48(76)36(57)22-31-10-14-34(70)15-11-31)50(78)65-40(25-45(58)72)53(81)68-19-5-8-43(68)55(83)69-20-6-9-44(69)54(82)67-18-4-7-42(67)52(80)64-38(23-32-12-16-35(71)17-13-32)49(77)61-30(3)47(75)62-39(26-46(73)74)51(79)66-41(56(84)85)24-33-27-59-28-60-33/h10-17,27-30,36-44,70-71H,4-9,18-26,57H2,1-3H3,(H2,58,72)(H,59,60)(H,61,77)(H,62,75)(H,63,76)(H,64,80)(H,65,78)(H,66,79)(H,73,74)(H,84,85)/t30-,36-,37-,38-,39-,40-,41-,42-,43-,44-/m0/s1. The number of hydrogen-bond acceptors (Lipinski definition) is 16. The maximum atomic E-state index is 14.6. The van der Waals surface area contributed by atoms with Gasteiger partial charge in [-0.1, -0.05) is 38.1 Å². The highest BCUT2D eigenvalue weighted by Gasteiger charge is 2.47. The molecule has 10 atom stereocenters. The average molecular weight is 1190 g/mol. The van der Waals surface area contributed by atoms with Crippen molar-refractivity contribution in [2.75, 3.05) is 19.6 Å². The summed E-state index contributed by atoms with van der Waals surface area (Å²) in [6, 6.07) is -1.75. The number of nitrogens with zero attached hydrogens (tertiary/aromatic N) is 4. The molecule has 3 aromatic rings. The van der Waals surface area contributed by atoms with E-state index in [1.165, 1.54) is 70.5 Å². The number of carbonyl (C=O) groups excluding carboxylic acids is 10. The fraction of sp³-hybridized carbons (Fsp3) is 0.518. The smallest absolute Gasteiger partial charge is 0.326 e. The lowest BCUT2D eigenvalue weighted by Gasteiger charge is -2.35. The highest BCUT2D eigenvalue weighted by atomic mass is 16.4. The number of aliphatic carboxylic acids is 2. The summed E-state index contributed by atoms with van der Waals surface area (Å²) in [7, 11) is 0. The van der Waals surface area contributed by atoms with Crippen LogP contribution in [-0.4, -0.2) is 196 Å². The maximum Gasteiger partial charge on any atom is 0.326 e. The zero-order valence-corrected chi connectivity index (χ0v) is 47.4. The Morgan fingerprint density at radius 2 is 1.07 bits per heavy atom. The molecule has 29 heteroatoms. The number of primary amides is 1. The summed E-state index contributed by atoms with van der Waals surface area (Å²) in [6.45, 7) is 5.09. The van der Waals surface area contributed by atoms with Crippen LogP contribution >= 0.6 is 0 Å². The van der Waals surface area contributed by atoms with Gasteiger partial charge in [-0.15, -0.1) is 0 Å². The number of amides is 10. The van der Waals surface area contributed by atoms with E-state index in [4.69, 9.17) is 11.5 Å². The van der Waals surface area contributed by atoms with Crippen LogP contribution < -0.4 is 43.4 Å². The van der Waals surface area contributed by atoms with E-state index < -0.39 is 144 Å². The Morgan fingerprint density at radius 1 is 0.576 bits per heavy atom. The number of nitrogens with two attached hydrogens (primary N) is 2. The molecule has 0 aliphatic carbocycles. The molecule has 3 aliphatic heterocycles. The number of likely N-dealkylation sites (tertiary alicyclic amines) is 3. The van der Waals surface area contributed by atoms with Crippen LogP contribution in [0.2, 0.25) is 0 Å². The highest BCUT2D eigenvalue weighted by molar-refractivity contribution is 6.00. The molecular formula is C56H75N13O16. The van der Waals surface area contributed by atoms with Gasteiger partial charge in [-0.2, -0.15) is 0 Å². The molecule has 3 saturated heterocycles. The number of H-pyrrole nitrogens is 1. The SMILES string of the molecule is CC(C)C[C@H](NC(=O)[C@@H](N)Cc1ccc(O)cc1)C(=O)N[C@@H](CC(N)=O)C(=O)N1CCC[C@H]1C(=O)N1CCC[C@H]1C(=O)N1CCC[C@H]1C(=O)N[C@@H](Cc1ccc(O)cc1)C(=O)N[C@@H](C)C(=O)N[C@@H](CC(=O)O)C(=O)N[C@@H](Cc1cnc[nH]1)C(=O)O. The van der Waals surface area contributed by atoms with Crippen LogP contribution in [0.4, 0.5) is 0 Å². The number of phenols is 2. The molecule has 1 aromatic heterocycles. The zero-order valence-electron chi connectivity index (χ0n) is 47.4. The van der Waals surface area contributed by atoms with Crippen molar-refractivity contribution in [3.05, 3.63) is 77.9 Å². The summed E-state index contributed by atoms with van der Waals surface area (Å²) in [5, 5.41) is 53.8. The second-order valence-corrected chi connectivity index (χ2v) is 22.0. The molecule has 29 nitrogen and oxygen atoms in total. The number of nitrogens with one attached hydrogen (secondary N) is 7. The number of phenolic OH excluding ortho intramolecular Hbond substituents is 2. The molecular weight excluding hydrogens is 1110 g/mol. The summed E-state index contributed by atoms with van der Waals surface area (Å²) in [4.78, 5) is 173. The minimum absolute atomic E-state index is 0.0241. The maximum absolute atomic E-state index is 14.6. The molecule has 85 heavy (non-hydrogen) atoms. The monoisotopic (exact) mass is 1190 g/mol. The van der Waals surface area contributed by atoms with Crippen molar-refractivity contribution < 1.29 is 78.0 Å². The van der Waals surface area contributed by atoms with Crippen molar-refractivity contribution >= 4 is 71.0 Å². The minimum Gasteiger partial charge on any atom is -0.508 e. The number of carbonyl (C=O) groups is 12. The van der Waals surface area contributed by atoms with E-state index in [0.29, 0.717) is 36.1 Å². The Labute approximate surface area is 488 Å². The van der Waals surface area contributed by atoms with E-state index in [9.17, 15) is 78.0 Å². The molecule has 10 amide bonds. The van der Waals surface area contributed by atoms with Crippen molar-refractivity contribution in [1.29, 1.82) is 0 Å². The van der Waals surface area contributed by atoms with Crippen molar-refractivity contribution in [3.8, 4) is 11.5 Å². The fourth-order valence-corrected chi connectivity index (χ4v) is 10.6. The Balaban J connectivity index is 1.11. The van der Waals surface area contributed by atoms with Gasteiger partial charge in [0.05, 0.1) is 25.2 Å². The Kier molecular flexibility index (Phi) is 22.9. The van der Waals surface area contributed by atoms with Crippen molar-refractivity contribution in [2.45, 2.75) is 158 Å². The molecule has 0 saturated carbocycles. The first-order valence-electron chi connectivity index (χ1n) is 28.0. The summed E-state index contributed by atoms with van der Waals surface area (Å²) in [5.74, 6) is -11.4. The Morgan fingerprint density at radius 3 is 1.61 bits per heavy atom. The third-order valence-corrected chi connectivity index (χ3v) is 14.9. The van der Waals surface area contributed by atoms with Gasteiger partial charge >= 0.3 is 11.9 Å². The normalized spacial score (nSPS) is 19.1. The summed E-state index contributed by atoms with van der Waals surface area (Å²) < 4.78 is 0. The molecule has 0 radical (unpaired) electrons. The van der Waals surface area contributed by atoms with Gasteiger partial charge in [0.25, 0.3) is 0 Å². The van der Waals surface area contributed by atoms with Crippen molar-refractivity contribution in [1.82, 2.24) is 56.6 Å². The van der Waals surface area contributed by atoms with Gasteiger partial charge in [0.15, 0.2) is 0 Å². The number of benzene rings is 2. The van der Waals surface area contributed by atoms with E-state index in [2.05, 4.69) is 41.9 Å². The minimum atomic E-state index is -1.80. The zero-order chi connectivity index (χ0) is 62.2. The Hall–Kier alpha value is -9.15. The quantitative estimate of drug-likeness (QED) is 0.0359. The van der Waals surface area contributed by atoms with Gasteiger partial charge < -0.3 is 83.5 Å². The van der Waals surface area contributed by atoms with Crippen LogP contribution in [0.25, 0.3) is 0 Å². The largest absolute Gasteiger partial charge is 0.508 e. The topological polar surface area (TPSA) is 448 Å². The molecule has 6 rings (SSSR count). The summed E-state index contributed by atoms with van der Waals surface area (Å²) in [6.07, 6.45) is 2.32. The molecule has 3 aliphatic rings. The van der Waals surface area contributed by atoms with Crippen LogP contribution in [0.3, 0.4) is 0 Å². The number of aromatic amines is 1. The van der Waals surface area contributed by atoms with Gasteiger partial charge in [-0.3, -0.25) is 52.7 Å². The second-order valence-electron chi connectivity index (χ2n) is 22.0. The lowest BCUT2D eigenvalue weighted by molar-refractivity contribution is -0.151. The molecule has 0 spiro atoms. The third kappa shape index (κ3) is 18.2. The van der Waals surface area contributed by atoms with E-state index in [0.717, 1.165) is 0 Å². The third-order valence-electron chi connectivity index (χ3n) is 14.9. The van der Waals surface area contributed by atoms with Gasteiger partial charge in [0.2, 0.25) is 59.1 Å². The van der Waals surface area contributed by atoms with Crippen LogP contribution in [0.1, 0.15) is 95.4 Å². The number of imidazole rings is 1. The summed E-state index contributed by atoms with van der Waals surface area (Å²) in [5.41, 5.74) is 13.2. The van der Waals surface area contributed by atoms with E-state index in [1.807, 2.05) is 13.8 Å². The number of aromatic nitrogens is 2. The molecule has 0 bridgehead atoms. The number of carboxylic acids is 2. The van der Waals surface area contributed by atoms with E-state index >= 15 is 0 Å². The number of carboxylic acid groups (broad SMARTS) is 2. The van der Waals surface area contributed by atoms with Crippen molar-refractivity contribution in [3.63, 3.8) is 0 Å². The van der Waals surface area contributed by atoms with Crippen molar-refractivity contribution in [2.24, 2.45) is 17.4 Å². The second kappa shape index (κ2) is 29.9. The summed E-state index contributed by atoms with van der Waals surface area (Å²) >= 11 is 0.